The van der Waals surface area contributed by atoms with Crippen LogP contribution in [0.5, 0.6) is 0 Å². The van der Waals surface area contributed by atoms with Crippen molar-refractivity contribution in [1.82, 2.24) is 9.97 Å². The monoisotopic (exact) mass is 337 g/mol. The number of nitrogens with one attached hydrogen (secondary N) is 1. The van der Waals surface area contributed by atoms with Crippen LogP contribution in [0.1, 0.15) is 11.5 Å². The minimum Gasteiger partial charge on any atom is -0.467 e. The van der Waals surface area contributed by atoms with Crippen LogP contribution < -0.4 is 5.32 Å². The number of hydrogen-bond donors (Lipinski definition) is 1. The molecule has 0 radical (unpaired) electrons. The van der Waals surface area contributed by atoms with Gasteiger partial charge >= 0.3 is 6.18 Å². The first-order valence-electron chi connectivity index (χ1n) is 6.89. The van der Waals surface area contributed by atoms with E-state index < -0.39 is 17.7 Å². The second-order valence-corrected chi connectivity index (χ2v) is 4.92. The van der Waals surface area contributed by atoms with Crippen molar-refractivity contribution in [1.29, 1.82) is 0 Å². The lowest BCUT2D eigenvalue weighted by Gasteiger charge is -2.14. The highest BCUT2D eigenvalue weighted by Gasteiger charge is 2.36. The van der Waals surface area contributed by atoms with Crippen molar-refractivity contribution >= 4 is 5.69 Å². The number of aromatic nitrogens is 2. The lowest BCUT2D eigenvalue weighted by molar-refractivity contribution is -0.140. The molecule has 3 aromatic heterocycles. The van der Waals surface area contributed by atoms with Crippen molar-refractivity contribution in [2.45, 2.75) is 12.7 Å². The molecule has 124 valence electrons. The molecule has 0 fully saturated rings. The molecule has 0 spiro atoms. The van der Waals surface area contributed by atoms with E-state index in [9.17, 15) is 17.6 Å². The van der Waals surface area contributed by atoms with E-state index in [2.05, 4.69) is 15.3 Å². The van der Waals surface area contributed by atoms with Gasteiger partial charge in [0, 0.05) is 11.8 Å². The molecule has 3 heterocycles. The van der Waals surface area contributed by atoms with Gasteiger partial charge in [-0.05, 0) is 30.3 Å². The number of alkyl halides is 3. The lowest BCUT2D eigenvalue weighted by Crippen LogP contribution is -2.13. The molecule has 0 amide bonds. The smallest absolute Gasteiger partial charge is 0.435 e. The number of furan rings is 1. The average molecular weight is 337 g/mol. The summed E-state index contributed by atoms with van der Waals surface area (Å²) in [5.74, 6) is -0.163. The Labute approximate surface area is 134 Å². The summed E-state index contributed by atoms with van der Waals surface area (Å²) in [5, 5.41) is 2.65. The molecule has 0 saturated heterocycles. The van der Waals surface area contributed by atoms with Crippen molar-refractivity contribution in [3.8, 4) is 11.3 Å². The van der Waals surface area contributed by atoms with Gasteiger partial charge in [-0.25, -0.2) is 9.37 Å². The van der Waals surface area contributed by atoms with Gasteiger partial charge in [0.2, 0.25) is 0 Å². The number of anilines is 1. The largest absolute Gasteiger partial charge is 0.467 e. The minimum atomic E-state index is -4.66. The molecule has 0 bridgehead atoms. The van der Waals surface area contributed by atoms with E-state index in [1.165, 1.54) is 24.6 Å². The van der Waals surface area contributed by atoms with Gasteiger partial charge in [0.25, 0.3) is 0 Å². The van der Waals surface area contributed by atoms with Crippen LogP contribution in [0.3, 0.4) is 0 Å². The number of pyridine rings is 2. The van der Waals surface area contributed by atoms with E-state index in [-0.39, 0.29) is 23.5 Å². The van der Waals surface area contributed by atoms with Crippen molar-refractivity contribution < 1.29 is 22.0 Å². The Balaban J connectivity index is 1.94. The Kier molecular flexibility index (Phi) is 4.20. The third-order valence-corrected chi connectivity index (χ3v) is 3.20. The summed E-state index contributed by atoms with van der Waals surface area (Å²) in [5.41, 5.74) is -1.13. The third kappa shape index (κ3) is 3.53. The van der Waals surface area contributed by atoms with Gasteiger partial charge in [-0.15, -0.1) is 0 Å². The van der Waals surface area contributed by atoms with Crippen LogP contribution in [0, 0.1) is 5.82 Å². The molecule has 0 aliphatic rings. The third-order valence-electron chi connectivity index (χ3n) is 3.20. The van der Waals surface area contributed by atoms with Gasteiger partial charge in [0.1, 0.15) is 11.6 Å². The Bertz CT molecular complexity index is 832. The summed E-state index contributed by atoms with van der Waals surface area (Å²) >= 11 is 0. The number of halogens is 4. The molecule has 3 aromatic rings. The van der Waals surface area contributed by atoms with Crippen LogP contribution in [-0.2, 0) is 12.7 Å². The molecular weight excluding hydrogens is 326 g/mol. The topological polar surface area (TPSA) is 51.0 Å². The Hall–Kier alpha value is -2.90. The lowest BCUT2D eigenvalue weighted by atomic mass is 10.1. The zero-order valence-electron chi connectivity index (χ0n) is 12.1. The standard InChI is InChI=1S/C16H11F4N3O/c17-11-6-10(7-21-8-11)13-3-4-14(15(23-13)16(18,19)20)22-9-12-2-1-5-24-12/h1-8,22H,9H2. The first kappa shape index (κ1) is 16.0. The maximum Gasteiger partial charge on any atom is 0.435 e. The van der Waals surface area contributed by atoms with E-state index in [1.807, 2.05) is 0 Å². The van der Waals surface area contributed by atoms with Gasteiger partial charge in [-0.3, -0.25) is 4.98 Å². The maximum absolute atomic E-state index is 13.3. The summed E-state index contributed by atoms with van der Waals surface area (Å²) in [7, 11) is 0. The summed E-state index contributed by atoms with van der Waals surface area (Å²) < 4.78 is 58.1. The highest BCUT2D eigenvalue weighted by Crippen LogP contribution is 2.35. The Morgan fingerprint density at radius 2 is 1.96 bits per heavy atom. The average Bonchev–Trinajstić information content (AvgIpc) is 3.05. The number of hydrogen-bond acceptors (Lipinski definition) is 4. The van der Waals surface area contributed by atoms with E-state index in [0.29, 0.717) is 5.76 Å². The fraction of sp³-hybridized carbons (Fsp3) is 0.125. The Morgan fingerprint density at radius 1 is 1.12 bits per heavy atom. The zero-order chi connectivity index (χ0) is 17.2. The minimum absolute atomic E-state index is 0.0159. The molecule has 0 unspecified atom stereocenters. The van der Waals surface area contributed by atoms with Crippen LogP contribution in [0.25, 0.3) is 11.3 Å². The molecule has 0 saturated carbocycles. The highest BCUT2D eigenvalue weighted by atomic mass is 19.4. The fourth-order valence-corrected chi connectivity index (χ4v) is 2.13. The number of rotatable bonds is 4. The summed E-state index contributed by atoms with van der Waals surface area (Å²) in [6.07, 6.45) is -1.02. The molecule has 0 atom stereocenters. The van der Waals surface area contributed by atoms with E-state index in [1.54, 1.807) is 12.1 Å². The predicted octanol–water partition coefficient (Wildman–Crippen LogP) is 4.51. The SMILES string of the molecule is Fc1cncc(-c2ccc(NCc3ccco3)c(C(F)(F)F)n2)c1. The molecule has 0 aliphatic heterocycles. The zero-order valence-corrected chi connectivity index (χ0v) is 12.1. The summed E-state index contributed by atoms with van der Waals surface area (Å²) in [4.78, 5) is 7.25. The second-order valence-electron chi connectivity index (χ2n) is 4.92. The van der Waals surface area contributed by atoms with E-state index >= 15 is 0 Å². The van der Waals surface area contributed by atoms with Crippen LogP contribution >= 0.6 is 0 Å². The predicted molar refractivity (Wildman–Crippen MR) is 78.5 cm³/mol. The van der Waals surface area contributed by atoms with Gasteiger partial charge < -0.3 is 9.73 Å². The molecular formula is C16H11F4N3O. The van der Waals surface area contributed by atoms with Crippen LogP contribution in [0.4, 0.5) is 23.2 Å². The van der Waals surface area contributed by atoms with Crippen LogP contribution in [0.2, 0.25) is 0 Å². The molecule has 3 rings (SSSR count). The van der Waals surface area contributed by atoms with Crippen LogP contribution in [0.15, 0.2) is 53.4 Å². The van der Waals surface area contributed by atoms with Crippen LogP contribution in [-0.4, -0.2) is 9.97 Å². The van der Waals surface area contributed by atoms with E-state index in [4.69, 9.17) is 4.42 Å². The second kappa shape index (κ2) is 6.31. The van der Waals surface area contributed by atoms with Crippen molar-refractivity contribution in [2.75, 3.05) is 5.32 Å². The van der Waals surface area contributed by atoms with E-state index in [0.717, 1.165) is 12.3 Å². The molecule has 8 heteroatoms. The highest BCUT2D eigenvalue weighted by molar-refractivity contribution is 5.62. The van der Waals surface area contributed by atoms with Crippen molar-refractivity contribution in [3.63, 3.8) is 0 Å². The summed E-state index contributed by atoms with van der Waals surface area (Å²) in [6, 6.07) is 6.97. The Morgan fingerprint density at radius 3 is 2.62 bits per heavy atom. The normalized spacial score (nSPS) is 11.5. The molecule has 24 heavy (non-hydrogen) atoms. The van der Waals surface area contributed by atoms with Gasteiger partial charge in [0.05, 0.1) is 30.4 Å². The number of nitrogens with zero attached hydrogens (tertiary/aromatic N) is 2. The summed E-state index contributed by atoms with van der Waals surface area (Å²) in [6.45, 7) is 0.0820. The molecule has 0 aromatic carbocycles. The molecule has 1 N–H and O–H groups in total. The fourth-order valence-electron chi connectivity index (χ4n) is 2.13. The molecule has 0 aliphatic carbocycles. The van der Waals surface area contributed by atoms with Crippen molar-refractivity contribution in [2.24, 2.45) is 0 Å². The first-order valence-corrected chi connectivity index (χ1v) is 6.89. The van der Waals surface area contributed by atoms with Gasteiger partial charge in [-0.2, -0.15) is 13.2 Å². The quantitative estimate of drug-likeness (QED) is 0.712. The van der Waals surface area contributed by atoms with Gasteiger partial charge in [0.15, 0.2) is 5.69 Å². The maximum atomic E-state index is 13.3. The van der Waals surface area contributed by atoms with Crippen molar-refractivity contribution in [3.05, 3.63) is 66.3 Å². The first-order chi connectivity index (χ1) is 11.4. The molecule has 4 nitrogen and oxygen atoms in total. The van der Waals surface area contributed by atoms with Gasteiger partial charge in [-0.1, -0.05) is 0 Å².